The Morgan fingerprint density at radius 2 is 1.66 bits per heavy atom. The van der Waals surface area contributed by atoms with Gasteiger partial charge in [-0.1, -0.05) is 32.1 Å². The maximum absolute atomic E-state index is 13.2. The monoisotopic (exact) mass is 453 g/mol. The number of hydrogen-bond donors (Lipinski definition) is 5. The van der Waals surface area contributed by atoms with Crippen LogP contribution in [0.5, 0.6) is 0 Å². The van der Waals surface area contributed by atoms with Crippen LogP contribution in [0.25, 0.3) is 0 Å². The highest BCUT2D eigenvalue weighted by atomic mass is 16.4. The van der Waals surface area contributed by atoms with Crippen molar-refractivity contribution in [3.63, 3.8) is 0 Å². The fraction of sp³-hybridized carbons (Fsp3) is 0.762. The van der Waals surface area contributed by atoms with Gasteiger partial charge in [-0.25, -0.2) is 4.79 Å². The standard InChI is InChI=1S/C21H35N5O6/c1-12(24-19(29)14(22)11-17(23)27)18(28)25-15(10-13-6-3-2-4-7-13)20(30)26-9-5-8-16(26)21(31)32/h12-16H,2-11,22H2,1H3,(H2,23,27)(H,24,29)(H,25,28)(H,31,32)/t12-,14-,15-,16+/m0/s1. The minimum atomic E-state index is -1.18. The van der Waals surface area contributed by atoms with E-state index in [1.807, 2.05) is 0 Å². The molecule has 1 heterocycles. The number of carboxylic acid groups (broad SMARTS) is 1. The quantitative estimate of drug-likeness (QED) is 0.287. The first-order chi connectivity index (χ1) is 15.1. The molecule has 11 nitrogen and oxygen atoms in total. The first-order valence-corrected chi connectivity index (χ1v) is 11.3. The van der Waals surface area contributed by atoms with Crippen molar-refractivity contribution in [1.29, 1.82) is 0 Å². The summed E-state index contributed by atoms with van der Waals surface area (Å²) in [5, 5.41) is 14.6. The highest BCUT2D eigenvalue weighted by Gasteiger charge is 2.39. The van der Waals surface area contributed by atoms with Crippen LogP contribution in [0, 0.1) is 5.92 Å². The molecule has 1 saturated carbocycles. The minimum absolute atomic E-state index is 0.262. The van der Waals surface area contributed by atoms with Gasteiger partial charge in [0.15, 0.2) is 0 Å². The van der Waals surface area contributed by atoms with E-state index in [0.29, 0.717) is 25.8 Å². The Kier molecular flexibility index (Phi) is 9.42. The van der Waals surface area contributed by atoms with Crippen LogP contribution in [-0.2, 0) is 24.0 Å². The third kappa shape index (κ3) is 7.18. The number of hydrogen-bond acceptors (Lipinski definition) is 6. The molecule has 0 radical (unpaired) electrons. The number of aliphatic carboxylic acids is 1. The normalized spacial score (nSPS) is 21.9. The van der Waals surface area contributed by atoms with E-state index < -0.39 is 53.8 Å². The molecule has 11 heteroatoms. The predicted molar refractivity (Wildman–Crippen MR) is 115 cm³/mol. The molecule has 2 aliphatic rings. The molecule has 32 heavy (non-hydrogen) atoms. The summed E-state index contributed by atoms with van der Waals surface area (Å²) in [5.74, 6) is -3.21. The van der Waals surface area contributed by atoms with Crippen LogP contribution in [0.2, 0.25) is 0 Å². The summed E-state index contributed by atoms with van der Waals surface area (Å²) in [4.78, 5) is 61.9. The molecule has 180 valence electrons. The zero-order chi connectivity index (χ0) is 23.8. The summed E-state index contributed by atoms with van der Waals surface area (Å²) in [5.41, 5.74) is 10.6. The average molecular weight is 454 g/mol. The smallest absolute Gasteiger partial charge is 0.326 e. The Bertz CT molecular complexity index is 723. The number of nitrogens with two attached hydrogens (primary N) is 2. The van der Waals surface area contributed by atoms with Crippen LogP contribution in [-0.4, -0.2) is 70.3 Å². The Balaban J connectivity index is 2.06. The molecule has 0 aromatic heterocycles. The summed E-state index contributed by atoms with van der Waals surface area (Å²) in [6.45, 7) is 1.78. The lowest BCUT2D eigenvalue weighted by Gasteiger charge is -2.31. The van der Waals surface area contributed by atoms with Crippen LogP contribution in [0.1, 0.15) is 64.7 Å². The van der Waals surface area contributed by atoms with Crippen molar-refractivity contribution >= 4 is 29.6 Å². The second-order valence-electron chi connectivity index (χ2n) is 8.84. The van der Waals surface area contributed by atoms with Crippen LogP contribution in [0.15, 0.2) is 0 Å². The molecule has 1 aliphatic heterocycles. The Labute approximate surface area is 187 Å². The summed E-state index contributed by atoms with van der Waals surface area (Å²) in [6.07, 6.45) is 6.22. The molecular weight excluding hydrogens is 418 g/mol. The summed E-state index contributed by atoms with van der Waals surface area (Å²) >= 11 is 0. The van der Waals surface area contributed by atoms with E-state index in [1.165, 1.54) is 11.8 Å². The van der Waals surface area contributed by atoms with Gasteiger partial charge in [0.25, 0.3) is 0 Å². The summed E-state index contributed by atoms with van der Waals surface area (Å²) < 4.78 is 0. The Morgan fingerprint density at radius 1 is 1.00 bits per heavy atom. The number of rotatable bonds is 10. The first kappa shape index (κ1) is 25.6. The van der Waals surface area contributed by atoms with Gasteiger partial charge in [-0.15, -0.1) is 0 Å². The van der Waals surface area contributed by atoms with Crippen molar-refractivity contribution in [2.45, 2.75) is 88.9 Å². The molecule has 4 atom stereocenters. The maximum atomic E-state index is 13.2. The van der Waals surface area contributed by atoms with Gasteiger partial charge in [0, 0.05) is 6.54 Å². The van der Waals surface area contributed by atoms with Gasteiger partial charge in [0.2, 0.25) is 23.6 Å². The maximum Gasteiger partial charge on any atom is 0.326 e. The zero-order valence-corrected chi connectivity index (χ0v) is 18.5. The summed E-state index contributed by atoms with van der Waals surface area (Å²) in [7, 11) is 0. The number of carboxylic acids is 1. The van der Waals surface area contributed by atoms with E-state index in [9.17, 15) is 29.1 Å². The number of nitrogens with one attached hydrogen (secondary N) is 2. The van der Waals surface area contributed by atoms with Crippen molar-refractivity contribution in [2.75, 3.05) is 6.54 Å². The largest absolute Gasteiger partial charge is 0.480 e. The number of likely N-dealkylation sites (tertiary alicyclic amines) is 1. The van der Waals surface area contributed by atoms with Crippen molar-refractivity contribution in [1.82, 2.24) is 15.5 Å². The molecule has 0 unspecified atom stereocenters. The van der Waals surface area contributed by atoms with Gasteiger partial charge < -0.3 is 32.1 Å². The zero-order valence-electron chi connectivity index (χ0n) is 18.5. The summed E-state index contributed by atoms with van der Waals surface area (Å²) in [6, 6.07) is -3.94. The highest BCUT2D eigenvalue weighted by molar-refractivity contribution is 5.95. The van der Waals surface area contributed by atoms with E-state index in [0.717, 1.165) is 32.1 Å². The highest BCUT2D eigenvalue weighted by Crippen LogP contribution is 2.29. The van der Waals surface area contributed by atoms with Crippen molar-refractivity contribution in [2.24, 2.45) is 17.4 Å². The van der Waals surface area contributed by atoms with Gasteiger partial charge >= 0.3 is 5.97 Å². The van der Waals surface area contributed by atoms with Crippen LogP contribution < -0.4 is 22.1 Å². The molecule has 0 spiro atoms. The molecule has 2 rings (SSSR count). The van der Waals surface area contributed by atoms with Gasteiger partial charge in [-0.2, -0.15) is 0 Å². The van der Waals surface area contributed by atoms with Crippen LogP contribution in [0.4, 0.5) is 0 Å². The fourth-order valence-corrected chi connectivity index (χ4v) is 4.46. The van der Waals surface area contributed by atoms with Gasteiger partial charge in [-0.05, 0) is 32.1 Å². The van der Waals surface area contributed by atoms with Crippen molar-refractivity contribution in [3.05, 3.63) is 0 Å². The lowest BCUT2D eigenvalue weighted by atomic mass is 9.84. The number of primary amides is 1. The lowest BCUT2D eigenvalue weighted by Crippen LogP contribution is -2.57. The molecule has 0 aromatic rings. The molecule has 4 amide bonds. The number of carbonyl (C=O) groups excluding carboxylic acids is 4. The third-order valence-electron chi connectivity index (χ3n) is 6.24. The van der Waals surface area contributed by atoms with E-state index in [4.69, 9.17) is 11.5 Å². The molecule has 1 saturated heterocycles. The Hall–Kier alpha value is -2.69. The first-order valence-electron chi connectivity index (χ1n) is 11.3. The average Bonchev–Trinajstić information content (AvgIpc) is 3.23. The second-order valence-corrected chi connectivity index (χ2v) is 8.84. The van der Waals surface area contributed by atoms with Gasteiger partial charge in [0.05, 0.1) is 12.5 Å². The topological polar surface area (TPSA) is 185 Å². The Morgan fingerprint density at radius 3 is 2.25 bits per heavy atom. The SMILES string of the molecule is C[C@H](NC(=O)[C@@H](N)CC(N)=O)C(=O)N[C@@H](CC1CCCCC1)C(=O)N1CCC[C@@H]1C(=O)O. The lowest BCUT2D eigenvalue weighted by molar-refractivity contribution is -0.149. The number of amides is 4. The van der Waals surface area contributed by atoms with Gasteiger partial charge in [0.1, 0.15) is 18.1 Å². The molecular formula is C21H35N5O6. The minimum Gasteiger partial charge on any atom is -0.480 e. The van der Waals surface area contributed by atoms with Crippen LogP contribution >= 0.6 is 0 Å². The van der Waals surface area contributed by atoms with E-state index in [-0.39, 0.29) is 12.3 Å². The second kappa shape index (κ2) is 11.8. The molecule has 1 aliphatic carbocycles. The molecule has 7 N–H and O–H groups in total. The number of carbonyl (C=O) groups is 5. The molecule has 0 bridgehead atoms. The molecule has 2 fully saturated rings. The third-order valence-corrected chi connectivity index (χ3v) is 6.24. The van der Waals surface area contributed by atoms with Crippen LogP contribution in [0.3, 0.4) is 0 Å². The van der Waals surface area contributed by atoms with Crippen molar-refractivity contribution < 1.29 is 29.1 Å². The number of nitrogens with zero attached hydrogens (tertiary/aromatic N) is 1. The fourth-order valence-electron chi connectivity index (χ4n) is 4.46. The van der Waals surface area contributed by atoms with Crippen molar-refractivity contribution in [3.8, 4) is 0 Å². The van der Waals surface area contributed by atoms with E-state index in [2.05, 4.69) is 10.6 Å². The predicted octanol–water partition coefficient (Wildman–Crippen LogP) is -0.775. The van der Waals surface area contributed by atoms with E-state index in [1.54, 1.807) is 0 Å². The van der Waals surface area contributed by atoms with Gasteiger partial charge in [-0.3, -0.25) is 19.2 Å². The molecule has 0 aromatic carbocycles. The van der Waals surface area contributed by atoms with E-state index >= 15 is 0 Å².